The molecule has 0 saturated heterocycles. The zero-order valence-corrected chi connectivity index (χ0v) is 9.85. The fraction of sp³-hybridized carbons (Fsp3) is 0.125. The van der Waals surface area contributed by atoms with Crippen LogP contribution in [0.1, 0.15) is 16.1 Å². The number of hydrogen-bond donors (Lipinski definition) is 3. The van der Waals surface area contributed by atoms with Crippen molar-refractivity contribution in [2.45, 2.75) is 11.9 Å². The van der Waals surface area contributed by atoms with Crippen LogP contribution in [-0.2, 0) is 10.0 Å². The molecule has 0 bridgehead atoms. The lowest BCUT2D eigenvalue weighted by Gasteiger charge is -2.02. The van der Waals surface area contributed by atoms with E-state index in [1.165, 1.54) is 6.07 Å². The van der Waals surface area contributed by atoms with Gasteiger partial charge in [-0.2, -0.15) is 13.5 Å². The average molecular weight is 272 g/mol. The number of aromatic nitrogens is 3. The van der Waals surface area contributed by atoms with Gasteiger partial charge in [-0.3, -0.25) is 5.10 Å². The van der Waals surface area contributed by atoms with Gasteiger partial charge in [0, 0.05) is 6.07 Å². The number of nitrogens with zero attached hydrogens (tertiary/aromatic N) is 2. The van der Waals surface area contributed by atoms with Gasteiger partial charge in [0.05, 0.1) is 11.9 Å². The SMILES string of the molecule is Cc1cc(NS(=O)(=O)c2[nH]ncc2C(=O)O)on1. The third-order valence-electron chi connectivity index (χ3n) is 1.97. The van der Waals surface area contributed by atoms with Crippen LogP contribution in [0.25, 0.3) is 0 Å². The molecule has 0 aliphatic rings. The highest BCUT2D eigenvalue weighted by Crippen LogP contribution is 2.17. The molecule has 0 spiro atoms. The molecule has 10 heteroatoms. The van der Waals surface area contributed by atoms with Gasteiger partial charge >= 0.3 is 5.97 Å². The van der Waals surface area contributed by atoms with Gasteiger partial charge < -0.3 is 9.63 Å². The van der Waals surface area contributed by atoms with E-state index in [2.05, 4.69) is 19.9 Å². The van der Waals surface area contributed by atoms with Crippen molar-refractivity contribution < 1.29 is 22.8 Å². The minimum atomic E-state index is -4.11. The summed E-state index contributed by atoms with van der Waals surface area (Å²) in [4.78, 5) is 10.8. The number of sulfonamides is 1. The van der Waals surface area contributed by atoms with Crippen LogP contribution in [0, 0.1) is 6.92 Å². The van der Waals surface area contributed by atoms with Gasteiger partial charge in [0.15, 0.2) is 5.03 Å². The molecule has 0 amide bonds. The Kier molecular flexibility index (Phi) is 2.79. The quantitative estimate of drug-likeness (QED) is 0.722. The van der Waals surface area contributed by atoms with E-state index < -0.39 is 26.6 Å². The first-order chi connectivity index (χ1) is 8.40. The highest BCUT2D eigenvalue weighted by atomic mass is 32.2. The zero-order valence-electron chi connectivity index (χ0n) is 9.04. The van der Waals surface area contributed by atoms with E-state index in [-0.39, 0.29) is 5.88 Å². The molecule has 18 heavy (non-hydrogen) atoms. The van der Waals surface area contributed by atoms with Gasteiger partial charge in [0.25, 0.3) is 10.0 Å². The van der Waals surface area contributed by atoms with E-state index >= 15 is 0 Å². The number of aromatic carboxylic acids is 1. The summed E-state index contributed by atoms with van der Waals surface area (Å²) < 4.78 is 30.4. The van der Waals surface area contributed by atoms with E-state index in [1.807, 2.05) is 4.72 Å². The number of H-pyrrole nitrogens is 1. The maximum absolute atomic E-state index is 11.9. The number of rotatable bonds is 4. The van der Waals surface area contributed by atoms with E-state index in [4.69, 9.17) is 5.11 Å². The number of nitrogens with one attached hydrogen (secondary N) is 2. The van der Waals surface area contributed by atoms with Gasteiger partial charge in [-0.15, -0.1) is 0 Å². The summed E-state index contributed by atoms with van der Waals surface area (Å²) in [6, 6.07) is 1.36. The van der Waals surface area contributed by atoms with Crippen LogP contribution < -0.4 is 4.72 Å². The van der Waals surface area contributed by atoms with Gasteiger partial charge in [-0.25, -0.2) is 9.52 Å². The summed E-state index contributed by atoms with van der Waals surface area (Å²) >= 11 is 0. The molecule has 0 atom stereocenters. The summed E-state index contributed by atoms with van der Waals surface area (Å²) in [7, 11) is -4.11. The first-order valence-electron chi connectivity index (χ1n) is 4.63. The average Bonchev–Trinajstić information content (AvgIpc) is 2.86. The molecule has 0 unspecified atom stereocenters. The third-order valence-corrected chi connectivity index (χ3v) is 3.28. The summed E-state index contributed by atoms with van der Waals surface area (Å²) in [5.74, 6) is -1.52. The largest absolute Gasteiger partial charge is 0.478 e. The molecule has 2 rings (SSSR count). The van der Waals surface area contributed by atoms with Crippen LogP contribution in [0.4, 0.5) is 5.88 Å². The number of hydrogen-bond acceptors (Lipinski definition) is 6. The molecule has 2 aromatic rings. The molecule has 0 aliphatic carbocycles. The molecule has 0 aromatic carbocycles. The summed E-state index contributed by atoms with van der Waals surface area (Å²) in [6.45, 7) is 1.61. The van der Waals surface area contributed by atoms with Crippen LogP contribution in [0.5, 0.6) is 0 Å². The molecule has 0 fully saturated rings. The van der Waals surface area contributed by atoms with Crippen molar-refractivity contribution in [3.8, 4) is 0 Å². The normalized spacial score (nSPS) is 11.4. The van der Waals surface area contributed by atoms with Gasteiger partial charge in [-0.05, 0) is 6.92 Å². The van der Waals surface area contributed by atoms with Gasteiger partial charge in [0.1, 0.15) is 5.56 Å². The molecule has 96 valence electrons. The lowest BCUT2D eigenvalue weighted by molar-refractivity contribution is 0.0692. The molecule has 9 nitrogen and oxygen atoms in total. The second kappa shape index (κ2) is 4.14. The molecular formula is C8H8N4O5S. The van der Waals surface area contributed by atoms with E-state index in [0.717, 1.165) is 6.20 Å². The number of carboxylic acids is 1. The Morgan fingerprint density at radius 2 is 2.28 bits per heavy atom. The summed E-state index contributed by atoms with van der Waals surface area (Å²) in [6.07, 6.45) is 0.905. The fourth-order valence-electron chi connectivity index (χ4n) is 1.23. The fourth-order valence-corrected chi connectivity index (χ4v) is 2.29. The van der Waals surface area contributed by atoms with Crippen molar-refractivity contribution in [3.05, 3.63) is 23.5 Å². The second-order valence-corrected chi connectivity index (χ2v) is 4.98. The smallest absolute Gasteiger partial charge is 0.340 e. The van der Waals surface area contributed by atoms with E-state index in [1.54, 1.807) is 6.92 Å². The van der Waals surface area contributed by atoms with Gasteiger partial charge in [-0.1, -0.05) is 5.16 Å². The molecule has 3 N–H and O–H groups in total. The predicted molar refractivity (Wildman–Crippen MR) is 57.6 cm³/mol. The Labute approximate surface area is 101 Å². The highest BCUT2D eigenvalue weighted by Gasteiger charge is 2.25. The number of carboxylic acid groups (broad SMARTS) is 1. The molecule has 0 saturated carbocycles. The number of aromatic amines is 1. The van der Waals surface area contributed by atoms with Crippen molar-refractivity contribution in [2.24, 2.45) is 0 Å². The number of anilines is 1. The molecular weight excluding hydrogens is 264 g/mol. The number of aryl methyl sites for hydroxylation is 1. The summed E-state index contributed by atoms with van der Waals surface area (Å²) in [5, 5.41) is 17.2. The monoisotopic (exact) mass is 272 g/mol. The van der Waals surface area contributed by atoms with Crippen LogP contribution in [0.15, 0.2) is 21.8 Å². The Morgan fingerprint density at radius 3 is 2.83 bits per heavy atom. The highest BCUT2D eigenvalue weighted by molar-refractivity contribution is 7.92. The Morgan fingerprint density at radius 1 is 1.56 bits per heavy atom. The topological polar surface area (TPSA) is 138 Å². The Hall–Kier alpha value is -2.36. The van der Waals surface area contributed by atoms with Crippen molar-refractivity contribution in [2.75, 3.05) is 4.72 Å². The zero-order chi connectivity index (χ0) is 13.3. The standard InChI is InChI=1S/C8H8N4O5S/c1-4-2-6(17-11-4)12-18(15,16)7-5(8(13)14)3-9-10-7/h2-3,12H,1H3,(H,9,10)(H,13,14). The Bertz CT molecular complexity index is 686. The molecule has 2 aromatic heterocycles. The van der Waals surface area contributed by atoms with E-state index in [9.17, 15) is 13.2 Å². The van der Waals surface area contributed by atoms with Crippen molar-refractivity contribution >= 4 is 21.9 Å². The lowest BCUT2D eigenvalue weighted by atomic mass is 10.4. The predicted octanol–water partition coefficient (Wildman–Crippen LogP) is 0.205. The molecule has 0 radical (unpaired) electrons. The van der Waals surface area contributed by atoms with Crippen molar-refractivity contribution in [3.63, 3.8) is 0 Å². The first kappa shape index (κ1) is 12.1. The van der Waals surface area contributed by atoms with Crippen LogP contribution in [0.3, 0.4) is 0 Å². The van der Waals surface area contributed by atoms with Crippen LogP contribution >= 0.6 is 0 Å². The lowest BCUT2D eigenvalue weighted by Crippen LogP contribution is -2.16. The maximum Gasteiger partial charge on any atom is 0.340 e. The van der Waals surface area contributed by atoms with Crippen molar-refractivity contribution in [1.29, 1.82) is 0 Å². The molecule has 2 heterocycles. The Balaban J connectivity index is 2.37. The third kappa shape index (κ3) is 2.18. The molecule has 0 aliphatic heterocycles. The summed E-state index contributed by atoms with van der Waals surface area (Å²) in [5.41, 5.74) is 0.0227. The van der Waals surface area contributed by atoms with Crippen LogP contribution in [0.2, 0.25) is 0 Å². The minimum Gasteiger partial charge on any atom is -0.478 e. The van der Waals surface area contributed by atoms with Crippen molar-refractivity contribution in [1.82, 2.24) is 15.4 Å². The first-order valence-corrected chi connectivity index (χ1v) is 6.11. The van der Waals surface area contributed by atoms with Crippen LogP contribution in [-0.4, -0.2) is 34.8 Å². The van der Waals surface area contributed by atoms with E-state index in [0.29, 0.717) is 5.69 Å². The maximum atomic E-state index is 11.9. The second-order valence-electron chi connectivity index (χ2n) is 3.36. The van der Waals surface area contributed by atoms with Gasteiger partial charge in [0.2, 0.25) is 5.88 Å². The minimum absolute atomic E-state index is 0.113. The number of carbonyl (C=O) groups is 1.